The maximum Gasteiger partial charge on any atom is 0.279 e. The van der Waals surface area contributed by atoms with Gasteiger partial charge in [-0.15, -0.1) is 5.10 Å². The summed E-state index contributed by atoms with van der Waals surface area (Å²) >= 11 is 0. The SMILES string of the molecule is CN(C)S(=O)(=O)NC(CNC(=O)[C@@H]1C[C@@H](O)CN1C(=O)[C@@H](n1cc(C2CC2)nn1)C(C)(C)C)C1CCCC1. The van der Waals surface area contributed by atoms with Gasteiger partial charge in [-0.25, -0.2) is 4.68 Å². The molecular weight excluding hydrogens is 510 g/mol. The van der Waals surface area contributed by atoms with Crippen molar-refractivity contribution >= 4 is 22.0 Å². The van der Waals surface area contributed by atoms with Gasteiger partial charge in [-0.1, -0.05) is 38.8 Å². The quantitative estimate of drug-likeness (QED) is 0.387. The third-order valence-electron chi connectivity index (χ3n) is 7.95. The molecule has 3 aliphatic rings. The summed E-state index contributed by atoms with van der Waals surface area (Å²) in [5.74, 6) is -0.173. The van der Waals surface area contributed by atoms with Crippen molar-refractivity contribution in [3.63, 3.8) is 0 Å². The molecule has 0 bridgehead atoms. The van der Waals surface area contributed by atoms with Gasteiger partial charge in [-0.2, -0.15) is 17.4 Å². The molecular formula is C25H43N7O5S. The number of nitrogens with zero attached hydrogens (tertiary/aromatic N) is 5. The molecule has 0 aromatic carbocycles. The second-order valence-electron chi connectivity index (χ2n) is 12.4. The van der Waals surface area contributed by atoms with Gasteiger partial charge in [0.15, 0.2) is 0 Å². The number of β-amino-alcohol motifs (C(OH)–C–C–N with tert-alkyl or cyclic N) is 1. The standard InChI is InChI=1S/C25H43N7O5S/c1-25(2,3)22(32-15-20(27-29-32)17-10-11-17)24(35)31-14-18(33)12-21(31)23(34)26-13-19(16-8-6-7-9-16)28-38(36,37)30(4)5/h15-19,21-22,28,33H,6-14H2,1-5H3,(H,26,34)/t18-,19?,21+,22-/m1/s1. The normalized spacial score (nSPS) is 24.7. The predicted octanol–water partition coefficient (Wildman–Crippen LogP) is 0.776. The highest BCUT2D eigenvalue weighted by Gasteiger charge is 2.45. The fourth-order valence-electron chi connectivity index (χ4n) is 5.62. The molecule has 4 rings (SSSR count). The molecule has 3 fully saturated rings. The zero-order valence-electron chi connectivity index (χ0n) is 23.1. The zero-order valence-corrected chi connectivity index (χ0v) is 23.9. The number of carbonyl (C=O) groups excluding carboxylic acids is 2. The molecule has 2 heterocycles. The van der Waals surface area contributed by atoms with Crippen LogP contribution in [0.3, 0.4) is 0 Å². The summed E-state index contributed by atoms with van der Waals surface area (Å²) in [6.45, 7) is 5.99. The van der Waals surface area contributed by atoms with Crippen molar-refractivity contribution in [1.82, 2.24) is 34.2 Å². The Hall–Kier alpha value is -2.09. The predicted molar refractivity (Wildman–Crippen MR) is 141 cm³/mol. The Kier molecular flexibility index (Phi) is 8.51. The maximum atomic E-state index is 13.9. The van der Waals surface area contributed by atoms with E-state index in [2.05, 4.69) is 20.4 Å². The smallest absolute Gasteiger partial charge is 0.279 e. The number of nitrogens with one attached hydrogen (secondary N) is 2. The van der Waals surface area contributed by atoms with E-state index in [0.717, 1.165) is 48.5 Å². The molecule has 214 valence electrons. The van der Waals surface area contributed by atoms with Gasteiger partial charge in [0, 0.05) is 51.8 Å². The molecule has 2 saturated carbocycles. The van der Waals surface area contributed by atoms with Crippen molar-refractivity contribution in [1.29, 1.82) is 0 Å². The van der Waals surface area contributed by atoms with Crippen LogP contribution < -0.4 is 10.0 Å². The van der Waals surface area contributed by atoms with Crippen molar-refractivity contribution in [3.05, 3.63) is 11.9 Å². The van der Waals surface area contributed by atoms with Crippen molar-refractivity contribution < 1.29 is 23.1 Å². The highest BCUT2D eigenvalue weighted by Crippen LogP contribution is 2.40. The van der Waals surface area contributed by atoms with E-state index in [1.165, 1.54) is 19.0 Å². The maximum absolute atomic E-state index is 13.9. The van der Waals surface area contributed by atoms with Gasteiger partial charge in [-0.05, 0) is 37.0 Å². The molecule has 1 saturated heterocycles. The molecule has 3 N–H and O–H groups in total. The van der Waals surface area contributed by atoms with E-state index in [0.29, 0.717) is 5.92 Å². The van der Waals surface area contributed by atoms with E-state index >= 15 is 0 Å². The minimum Gasteiger partial charge on any atom is -0.391 e. The monoisotopic (exact) mass is 553 g/mol. The molecule has 1 aromatic heterocycles. The van der Waals surface area contributed by atoms with Crippen LogP contribution in [0, 0.1) is 11.3 Å². The van der Waals surface area contributed by atoms with Gasteiger partial charge >= 0.3 is 0 Å². The first kappa shape index (κ1) is 28.9. The Labute approximate surface area is 225 Å². The Morgan fingerprint density at radius 1 is 1.18 bits per heavy atom. The summed E-state index contributed by atoms with van der Waals surface area (Å²) in [5, 5.41) is 21.9. The van der Waals surface area contributed by atoms with Gasteiger partial charge < -0.3 is 15.3 Å². The van der Waals surface area contributed by atoms with Crippen LogP contribution >= 0.6 is 0 Å². The van der Waals surface area contributed by atoms with E-state index in [-0.39, 0.29) is 31.3 Å². The van der Waals surface area contributed by atoms with Crippen molar-refractivity contribution in [3.8, 4) is 0 Å². The highest BCUT2D eigenvalue weighted by atomic mass is 32.2. The molecule has 1 aromatic rings. The second kappa shape index (κ2) is 11.2. The van der Waals surface area contributed by atoms with Crippen LogP contribution in [-0.4, -0.2) is 94.9 Å². The van der Waals surface area contributed by atoms with Crippen LogP contribution in [0.2, 0.25) is 0 Å². The number of aromatic nitrogens is 3. The van der Waals surface area contributed by atoms with Gasteiger partial charge in [-0.3, -0.25) is 9.59 Å². The van der Waals surface area contributed by atoms with Crippen LogP contribution in [0.25, 0.3) is 0 Å². The topological polar surface area (TPSA) is 150 Å². The van der Waals surface area contributed by atoms with Crippen LogP contribution in [0.1, 0.15) is 83.4 Å². The first-order valence-corrected chi connectivity index (χ1v) is 15.1. The minimum absolute atomic E-state index is 0.0486. The van der Waals surface area contributed by atoms with Crippen molar-refractivity contribution in [2.24, 2.45) is 11.3 Å². The zero-order chi connectivity index (χ0) is 27.8. The van der Waals surface area contributed by atoms with E-state index in [1.807, 2.05) is 27.0 Å². The van der Waals surface area contributed by atoms with Gasteiger partial charge in [0.1, 0.15) is 12.1 Å². The van der Waals surface area contributed by atoms with Crippen molar-refractivity contribution in [2.45, 2.75) is 95.9 Å². The van der Waals surface area contributed by atoms with Gasteiger partial charge in [0.25, 0.3) is 10.2 Å². The molecule has 2 aliphatic carbocycles. The number of hydrogen-bond acceptors (Lipinski definition) is 7. The second-order valence-corrected chi connectivity index (χ2v) is 14.3. The Balaban J connectivity index is 1.48. The fourth-order valence-corrected chi connectivity index (χ4v) is 6.48. The number of carbonyl (C=O) groups is 2. The summed E-state index contributed by atoms with van der Waals surface area (Å²) in [4.78, 5) is 28.8. The number of likely N-dealkylation sites (tertiary alicyclic amines) is 1. The Morgan fingerprint density at radius 2 is 1.84 bits per heavy atom. The molecule has 0 spiro atoms. The van der Waals surface area contributed by atoms with E-state index in [9.17, 15) is 23.1 Å². The molecule has 13 heteroatoms. The number of amides is 2. The number of aliphatic hydroxyl groups is 1. The first-order chi connectivity index (χ1) is 17.8. The summed E-state index contributed by atoms with van der Waals surface area (Å²) in [7, 11) is -0.756. The van der Waals surface area contributed by atoms with Crippen LogP contribution in [0.15, 0.2) is 6.20 Å². The molecule has 4 atom stereocenters. The molecule has 1 unspecified atom stereocenters. The number of rotatable bonds is 10. The van der Waals surface area contributed by atoms with Crippen LogP contribution in [0.5, 0.6) is 0 Å². The molecule has 2 amide bonds. The largest absolute Gasteiger partial charge is 0.391 e. The van der Waals surface area contributed by atoms with Crippen molar-refractivity contribution in [2.75, 3.05) is 27.2 Å². The summed E-state index contributed by atoms with van der Waals surface area (Å²) in [6, 6.07) is -2.01. The molecule has 1 aliphatic heterocycles. The lowest BCUT2D eigenvalue weighted by Crippen LogP contribution is -2.54. The summed E-state index contributed by atoms with van der Waals surface area (Å²) in [5.41, 5.74) is 0.360. The third-order valence-corrected chi connectivity index (χ3v) is 9.52. The third kappa shape index (κ3) is 6.54. The highest BCUT2D eigenvalue weighted by molar-refractivity contribution is 7.87. The molecule has 0 radical (unpaired) electrons. The summed E-state index contributed by atoms with van der Waals surface area (Å²) < 4.78 is 30.5. The lowest BCUT2D eigenvalue weighted by Gasteiger charge is -2.35. The molecule has 38 heavy (non-hydrogen) atoms. The first-order valence-electron chi connectivity index (χ1n) is 13.7. The lowest BCUT2D eigenvalue weighted by molar-refractivity contribution is -0.144. The Morgan fingerprint density at radius 3 is 2.42 bits per heavy atom. The lowest BCUT2D eigenvalue weighted by atomic mass is 9.85. The van der Waals surface area contributed by atoms with Gasteiger partial charge in [0.05, 0.1) is 11.8 Å². The average Bonchev–Trinajstić information content (AvgIpc) is 3.21. The average molecular weight is 554 g/mol. The molecule has 12 nitrogen and oxygen atoms in total. The number of hydrogen-bond donors (Lipinski definition) is 3. The van der Waals surface area contributed by atoms with Crippen LogP contribution in [0.4, 0.5) is 0 Å². The van der Waals surface area contributed by atoms with Crippen LogP contribution in [-0.2, 0) is 19.8 Å². The van der Waals surface area contributed by atoms with E-state index in [1.54, 1.807) is 4.68 Å². The van der Waals surface area contributed by atoms with Gasteiger partial charge in [0.2, 0.25) is 11.8 Å². The Bertz CT molecular complexity index is 1110. The van der Waals surface area contributed by atoms with E-state index in [4.69, 9.17) is 0 Å². The fraction of sp³-hybridized carbons (Fsp3) is 0.840. The van der Waals surface area contributed by atoms with E-state index < -0.39 is 45.8 Å². The summed E-state index contributed by atoms with van der Waals surface area (Å²) in [6.07, 6.45) is 7.08. The number of aliphatic hydroxyl groups excluding tert-OH is 1. The minimum atomic E-state index is -3.68.